The Hall–Kier alpha value is -4.70. The Labute approximate surface area is 342 Å². The minimum absolute atomic E-state index is 0.00186. The van der Waals surface area contributed by atoms with Crippen molar-refractivity contribution in [2.45, 2.75) is 115 Å². The lowest BCUT2D eigenvalue weighted by Crippen LogP contribution is -2.80. The molecule has 0 radical (unpaired) electrons. The summed E-state index contributed by atoms with van der Waals surface area (Å²) in [6.45, 7) is 10.7. The molecule has 1 amide bonds. The topological polar surface area (TPSA) is 221 Å². The minimum atomic E-state index is -2.29. The van der Waals surface area contributed by atoms with Crippen molar-refractivity contribution in [1.82, 2.24) is 5.32 Å². The molecule has 2 bridgehead atoms. The fourth-order valence-electron chi connectivity index (χ4n) is 10.6. The van der Waals surface area contributed by atoms with Crippen LogP contribution in [-0.4, -0.2) is 106 Å². The molecule has 3 aliphatic carbocycles. The van der Waals surface area contributed by atoms with Crippen LogP contribution in [0.1, 0.15) is 88.8 Å². The number of cyclic esters (lactones) is 1. The van der Waals surface area contributed by atoms with Gasteiger partial charge in [0.1, 0.15) is 30.0 Å². The molecule has 5 aliphatic rings. The largest absolute Gasteiger partial charge is 0.465 e. The van der Waals surface area contributed by atoms with Crippen molar-refractivity contribution in [2.75, 3.05) is 13.2 Å². The van der Waals surface area contributed by atoms with Crippen molar-refractivity contribution < 1.29 is 67.8 Å². The van der Waals surface area contributed by atoms with Gasteiger partial charge < -0.3 is 44.3 Å². The maximum Gasteiger partial charge on any atom is 0.408 e. The quantitative estimate of drug-likeness (QED) is 0.194. The first-order valence-electron chi connectivity index (χ1n) is 20.0. The molecular formula is C44H53NO14. The first-order valence-corrected chi connectivity index (χ1v) is 20.0. The van der Waals surface area contributed by atoms with Crippen LogP contribution in [0.5, 0.6) is 0 Å². The van der Waals surface area contributed by atoms with E-state index in [-0.39, 0.29) is 31.6 Å². The third-order valence-electron chi connectivity index (χ3n) is 13.8. The number of aliphatic hydroxyl groups excluding tert-OH is 2. The van der Waals surface area contributed by atoms with Crippen molar-refractivity contribution in [2.24, 2.45) is 34.0 Å². The standard InChI is InChI=1S/C44H53NO14/c1-22-26(57-38(52)33(49)31(23-13-9-8-10-14-23)45-39(53)59-40(2,3)4)19-44(54)36-34-42(7,35(50)32(48)30(22)41(44,5)6)27(46)18-28-43(34,20-55-28)21-56-29(47)17-24-15-11-12-16-25(24)37(51)58-36/h8-16,22,26-28,30-31,33-34,36,46,49,54H,17-21H2,1-7H3,(H,45,53). The fourth-order valence-corrected chi connectivity index (χ4v) is 10.6. The molecule has 2 heterocycles. The summed E-state index contributed by atoms with van der Waals surface area (Å²) in [5.41, 5.74) is -7.43. The van der Waals surface area contributed by atoms with Gasteiger partial charge in [0.25, 0.3) is 0 Å². The Bertz CT molecular complexity index is 2040. The van der Waals surface area contributed by atoms with Crippen LogP contribution in [0, 0.1) is 34.0 Å². The Morgan fingerprint density at radius 3 is 2.27 bits per heavy atom. The molecule has 7 rings (SSSR count). The molecular weight excluding hydrogens is 766 g/mol. The number of amides is 1. The van der Waals surface area contributed by atoms with Crippen LogP contribution in [0.4, 0.5) is 4.79 Å². The van der Waals surface area contributed by atoms with Gasteiger partial charge in [0.2, 0.25) is 11.6 Å². The van der Waals surface area contributed by atoms with Gasteiger partial charge in [-0.25, -0.2) is 14.4 Å². The first-order chi connectivity index (χ1) is 27.6. The molecule has 4 fully saturated rings. The summed E-state index contributed by atoms with van der Waals surface area (Å²) in [5, 5.41) is 39.6. The molecule has 59 heavy (non-hydrogen) atoms. The van der Waals surface area contributed by atoms with E-state index in [9.17, 15) is 44.1 Å². The van der Waals surface area contributed by atoms with Gasteiger partial charge in [-0.05, 0) is 44.9 Å². The summed E-state index contributed by atoms with van der Waals surface area (Å²) in [7, 11) is 0. The number of aliphatic hydroxyl groups is 3. The van der Waals surface area contributed by atoms with Gasteiger partial charge >= 0.3 is 24.0 Å². The highest BCUT2D eigenvalue weighted by Gasteiger charge is 2.78. The number of hydrogen-bond acceptors (Lipinski definition) is 14. The van der Waals surface area contributed by atoms with E-state index in [0.29, 0.717) is 11.1 Å². The highest BCUT2D eigenvalue weighted by atomic mass is 16.6. The van der Waals surface area contributed by atoms with Gasteiger partial charge in [-0.15, -0.1) is 0 Å². The Morgan fingerprint density at radius 1 is 0.966 bits per heavy atom. The Morgan fingerprint density at radius 2 is 1.63 bits per heavy atom. The summed E-state index contributed by atoms with van der Waals surface area (Å²) >= 11 is 0. The van der Waals surface area contributed by atoms with Crippen LogP contribution in [0.2, 0.25) is 0 Å². The van der Waals surface area contributed by atoms with E-state index in [1.807, 2.05) is 0 Å². The van der Waals surface area contributed by atoms with E-state index in [1.165, 1.54) is 13.0 Å². The van der Waals surface area contributed by atoms with Crippen molar-refractivity contribution in [3.8, 4) is 0 Å². The molecule has 12 atom stereocenters. The highest BCUT2D eigenvalue weighted by molar-refractivity contribution is 6.40. The van der Waals surface area contributed by atoms with E-state index in [1.54, 1.807) is 90.1 Å². The fraction of sp³-hybridized carbons (Fsp3) is 0.591. The lowest BCUT2D eigenvalue weighted by molar-refractivity contribution is -0.333. The summed E-state index contributed by atoms with van der Waals surface area (Å²) < 4.78 is 29.7. The molecule has 12 unspecified atom stereocenters. The number of ether oxygens (including phenoxy) is 5. The second kappa shape index (κ2) is 14.8. The zero-order valence-corrected chi connectivity index (χ0v) is 34.3. The van der Waals surface area contributed by atoms with Crippen molar-refractivity contribution in [3.63, 3.8) is 0 Å². The van der Waals surface area contributed by atoms with E-state index < -0.39 is 124 Å². The van der Waals surface area contributed by atoms with Crippen LogP contribution in [0.25, 0.3) is 0 Å². The van der Waals surface area contributed by atoms with E-state index in [2.05, 4.69) is 5.32 Å². The van der Waals surface area contributed by atoms with Crippen LogP contribution < -0.4 is 5.32 Å². The molecule has 4 N–H and O–H groups in total. The number of carbonyl (C=O) groups excluding carboxylic acids is 6. The smallest absolute Gasteiger partial charge is 0.408 e. The summed E-state index contributed by atoms with van der Waals surface area (Å²) in [5.74, 6) is -8.44. The van der Waals surface area contributed by atoms with Gasteiger partial charge in [0, 0.05) is 36.0 Å². The average Bonchev–Trinajstić information content (AvgIpc) is 3.18. The molecule has 1 spiro atoms. The van der Waals surface area contributed by atoms with Gasteiger partial charge in [0.15, 0.2) is 6.10 Å². The Balaban J connectivity index is 1.34. The molecule has 15 nitrogen and oxygen atoms in total. The molecule has 1 saturated heterocycles. The number of hydrogen-bond donors (Lipinski definition) is 4. The maximum atomic E-state index is 15.0. The van der Waals surface area contributed by atoms with Crippen LogP contribution >= 0.6 is 0 Å². The number of benzene rings is 2. The molecule has 2 aliphatic heterocycles. The Kier molecular flexibility index (Phi) is 10.6. The van der Waals surface area contributed by atoms with Crippen molar-refractivity contribution >= 4 is 35.6 Å². The summed E-state index contributed by atoms with van der Waals surface area (Å²) in [6.07, 6.45) is -9.20. The number of nitrogens with one attached hydrogen (secondary N) is 1. The third-order valence-corrected chi connectivity index (χ3v) is 13.8. The highest BCUT2D eigenvalue weighted by Crippen LogP contribution is 2.66. The number of fused-ring (bicyclic) bond motifs is 4. The summed E-state index contributed by atoms with van der Waals surface area (Å²) in [4.78, 5) is 84.8. The second-order valence-corrected chi connectivity index (χ2v) is 18.7. The van der Waals surface area contributed by atoms with Gasteiger partial charge in [-0.3, -0.25) is 14.4 Å². The zero-order valence-electron chi connectivity index (χ0n) is 34.3. The lowest BCUT2D eigenvalue weighted by atomic mass is 9.40. The SMILES string of the molecule is CC1C(OC(=O)C(O)C(NC(=O)OC(C)(C)C)c2ccccc2)CC2(O)C3OC(=O)c4ccccc4CC(=O)OCC45COC4CC(O)C(C)(C(=O)C(=O)C1C2(C)C)C35. The zero-order chi connectivity index (χ0) is 43.0. The number of ketones is 2. The number of carbonyl (C=O) groups is 6. The van der Waals surface area contributed by atoms with E-state index in [4.69, 9.17) is 23.7 Å². The molecule has 15 heteroatoms. The van der Waals surface area contributed by atoms with E-state index in [0.717, 1.165) is 0 Å². The summed E-state index contributed by atoms with van der Waals surface area (Å²) in [6, 6.07) is 13.1. The molecule has 3 saturated carbocycles. The molecule has 2 aromatic rings. The number of alkyl carbamates (subject to hydrolysis) is 1. The molecule has 318 valence electrons. The van der Waals surface area contributed by atoms with Crippen molar-refractivity contribution in [1.29, 1.82) is 0 Å². The van der Waals surface area contributed by atoms with Gasteiger partial charge in [0.05, 0.1) is 47.7 Å². The number of esters is 3. The molecule has 0 aromatic heterocycles. The minimum Gasteiger partial charge on any atom is -0.465 e. The third kappa shape index (κ3) is 6.83. The number of Topliss-reactive ketones (excluding diaryl/α,β-unsaturated/α-hetero) is 2. The lowest BCUT2D eigenvalue weighted by Gasteiger charge is -2.68. The van der Waals surface area contributed by atoms with Gasteiger partial charge in [-0.2, -0.15) is 0 Å². The van der Waals surface area contributed by atoms with Crippen LogP contribution in [0.15, 0.2) is 54.6 Å². The maximum absolute atomic E-state index is 15.0. The second-order valence-electron chi connectivity index (χ2n) is 18.7. The average molecular weight is 820 g/mol. The van der Waals surface area contributed by atoms with Crippen LogP contribution in [0.3, 0.4) is 0 Å². The van der Waals surface area contributed by atoms with Crippen LogP contribution in [-0.2, 0) is 49.3 Å². The predicted octanol–water partition coefficient (Wildman–Crippen LogP) is 3.19. The predicted molar refractivity (Wildman–Crippen MR) is 205 cm³/mol. The van der Waals surface area contributed by atoms with Crippen molar-refractivity contribution in [3.05, 3.63) is 71.3 Å². The monoisotopic (exact) mass is 819 g/mol. The molecule has 2 aromatic carbocycles. The normalized spacial score (nSPS) is 36.1. The van der Waals surface area contributed by atoms with Gasteiger partial charge in [-0.1, -0.05) is 69.3 Å². The van der Waals surface area contributed by atoms with E-state index >= 15 is 0 Å². The first kappa shape index (κ1) is 42.4. The number of rotatable bonds is 5.